The lowest BCUT2D eigenvalue weighted by Crippen LogP contribution is -2.26. The molecule has 3 N–H and O–H groups in total. The number of hydrogen-bond donors (Lipinski definition) is 2. The SMILES string of the molecule is Cc1ccc(C(=O)CCC(=O)NCCc2ccc(S(N)(=O)=O)cc2)s1. The Hall–Kier alpha value is -2.03. The lowest BCUT2D eigenvalue weighted by molar-refractivity contribution is -0.121. The van der Waals surface area contributed by atoms with Gasteiger partial charge in [-0.05, 0) is 43.2 Å². The van der Waals surface area contributed by atoms with E-state index in [0.717, 1.165) is 10.4 Å². The highest BCUT2D eigenvalue weighted by Crippen LogP contribution is 2.17. The molecule has 0 atom stereocenters. The second-order valence-electron chi connectivity index (χ2n) is 5.62. The minimum Gasteiger partial charge on any atom is -0.356 e. The highest BCUT2D eigenvalue weighted by molar-refractivity contribution is 7.89. The number of nitrogens with one attached hydrogen (secondary N) is 1. The van der Waals surface area contributed by atoms with Crippen LogP contribution in [0.5, 0.6) is 0 Å². The first kappa shape index (κ1) is 19.3. The molecule has 0 bridgehead atoms. The van der Waals surface area contributed by atoms with Crippen molar-refractivity contribution in [2.24, 2.45) is 5.14 Å². The zero-order chi connectivity index (χ0) is 18.4. The fraction of sp³-hybridized carbons (Fsp3) is 0.294. The van der Waals surface area contributed by atoms with Gasteiger partial charge in [0.15, 0.2) is 5.78 Å². The third-order valence-corrected chi connectivity index (χ3v) is 5.55. The fourth-order valence-corrected chi connectivity index (χ4v) is 3.57. The van der Waals surface area contributed by atoms with E-state index in [1.165, 1.54) is 23.5 Å². The molecule has 0 unspecified atom stereocenters. The standard InChI is InChI=1S/C17H20N2O4S2/c1-12-2-8-16(24-12)15(20)7-9-17(21)19-11-10-13-3-5-14(6-4-13)25(18,22)23/h2-6,8H,7,9-11H2,1H3,(H,19,21)(H2,18,22,23). The summed E-state index contributed by atoms with van der Waals surface area (Å²) in [6.07, 6.45) is 0.906. The maximum Gasteiger partial charge on any atom is 0.238 e. The minimum atomic E-state index is -3.69. The fourth-order valence-electron chi connectivity index (χ4n) is 2.22. The van der Waals surface area contributed by atoms with Gasteiger partial charge in [-0.3, -0.25) is 9.59 Å². The van der Waals surface area contributed by atoms with Crippen molar-refractivity contribution in [3.63, 3.8) is 0 Å². The Morgan fingerprint density at radius 3 is 2.32 bits per heavy atom. The number of ketones is 1. The molecule has 0 aliphatic carbocycles. The smallest absolute Gasteiger partial charge is 0.238 e. The third-order valence-electron chi connectivity index (χ3n) is 3.58. The third kappa shape index (κ3) is 6.08. The highest BCUT2D eigenvalue weighted by Gasteiger charge is 2.11. The Morgan fingerprint density at radius 1 is 1.08 bits per heavy atom. The van der Waals surface area contributed by atoms with Crippen molar-refractivity contribution in [3.8, 4) is 0 Å². The summed E-state index contributed by atoms with van der Waals surface area (Å²) in [4.78, 5) is 25.6. The normalized spacial score (nSPS) is 11.3. The molecular formula is C17H20N2O4S2. The maximum atomic E-state index is 11.9. The van der Waals surface area contributed by atoms with Crippen LogP contribution in [0.1, 0.15) is 33.0 Å². The number of nitrogens with two attached hydrogens (primary N) is 1. The van der Waals surface area contributed by atoms with Crippen LogP contribution in [-0.4, -0.2) is 26.7 Å². The molecule has 1 aromatic carbocycles. The van der Waals surface area contributed by atoms with E-state index >= 15 is 0 Å². The number of benzene rings is 1. The van der Waals surface area contributed by atoms with E-state index in [-0.39, 0.29) is 29.4 Å². The summed E-state index contributed by atoms with van der Waals surface area (Å²) in [5.41, 5.74) is 0.887. The van der Waals surface area contributed by atoms with Gasteiger partial charge in [-0.2, -0.15) is 0 Å². The molecule has 0 radical (unpaired) electrons. The van der Waals surface area contributed by atoms with Gasteiger partial charge in [0.05, 0.1) is 9.77 Å². The van der Waals surface area contributed by atoms with Crippen molar-refractivity contribution in [3.05, 3.63) is 51.7 Å². The van der Waals surface area contributed by atoms with Crippen LogP contribution < -0.4 is 10.5 Å². The van der Waals surface area contributed by atoms with Crippen molar-refractivity contribution >= 4 is 33.1 Å². The number of carbonyl (C=O) groups is 2. The predicted octanol–water partition coefficient (Wildman–Crippen LogP) is 2.03. The molecule has 1 amide bonds. The molecule has 0 saturated carbocycles. The number of sulfonamides is 1. The van der Waals surface area contributed by atoms with E-state index in [1.54, 1.807) is 18.2 Å². The summed E-state index contributed by atoms with van der Waals surface area (Å²) >= 11 is 1.43. The van der Waals surface area contributed by atoms with E-state index in [9.17, 15) is 18.0 Å². The second-order valence-corrected chi connectivity index (χ2v) is 8.47. The molecule has 0 spiro atoms. The van der Waals surface area contributed by atoms with Crippen LogP contribution in [-0.2, 0) is 21.2 Å². The Kier molecular flexibility index (Phi) is 6.46. The molecule has 25 heavy (non-hydrogen) atoms. The zero-order valence-corrected chi connectivity index (χ0v) is 15.5. The van der Waals surface area contributed by atoms with Crippen molar-refractivity contribution in [2.75, 3.05) is 6.54 Å². The van der Waals surface area contributed by atoms with Gasteiger partial charge in [-0.15, -0.1) is 11.3 Å². The number of hydrogen-bond acceptors (Lipinski definition) is 5. The number of aryl methyl sites for hydroxylation is 1. The summed E-state index contributed by atoms with van der Waals surface area (Å²) in [6.45, 7) is 2.35. The quantitative estimate of drug-likeness (QED) is 0.683. The summed E-state index contributed by atoms with van der Waals surface area (Å²) in [6, 6.07) is 9.87. The first-order chi connectivity index (χ1) is 11.8. The van der Waals surface area contributed by atoms with E-state index in [2.05, 4.69) is 5.32 Å². The van der Waals surface area contributed by atoms with Crippen LogP contribution in [0.4, 0.5) is 0 Å². The molecule has 0 fully saturated rings. The van der Waals surface area contributed by atoms with Crippen LogP contribution in [0.25, 0.3) is 0 Å². The van der Waals surface area contributed by atoms with Gasteiger partial charge >= 0.3 is 0 Å². The first-order valence-corrected chi connectivity index (χ1v) is 10.1. The lowest BCUT2D eigenvalue weighted by Gasteiger charge is -2.06. The second kappa shape index (κ2) is 8.37. The lowest BCUT2D eigenvalue weighted by atomic mass is 10.1. The summed E-state index contributed by atoms with van der Waals surface area (Å²) in [7, 11) is -3.69. The van der Waals surface area contributed by atoms with E-state index in [1.807, 2.05) is 13.0 Å². The van der Waals surface area contributed by atoms with Crippen LogP contribution in [0, 0.1) is 6.92 Å². The van der Waals surface area contributed by atoms with Crippen molar-refractivity contribution < 1.29 is 18.0 Å². The van der Waals surface area contributed by atoms with Gasteiger partial charge in [0.25, 0.3) is 0 Å². The molecule has 6 nitrogen and oxygen atoms in total. The molecule has 2 rings (SSSR count). The molecule has 0 aliphatic rings. The molecule has 1 heterocycles. The highest BCUT2D eigenvalue weighted by atomic mass is 32.2. The summed E-state index contributed by atoms with van der Waals surface area (Å²) < 4.78 is 22.3. The van der Waals surface area contributed by atoms with Crippen LogP contribution in [0.3, 0.4) is 0 Å². The number of thiophene rings is 1. The molecule has 1 aromatic heterocycles. The van der Waals surface area contributed by atoms with Gasteiger partial charge in [-0.25, -0.2) is 13.6 Å². The molecule has 8 heteroatoms. The number of amides is 1. The summed E-state index contributed by atoms with van der Waals surface area (Å²) in [5.74, 6) is -0.199. The number of carbonyl (C=O) groups excluding carboxylic acids is 2. The van der Waals surface area contributed by atoms with Crippen molar-refractivity contribution in [1.29, 1.82) is 0 Å². The van der Waals surface area contributed by atoms with Crippen molar-refractivity contribution in [2.45, 2.75) is 31.1 Å². The monoisotopic (exact) mass is 380 g/mol. The van der Waals surface area contributed by atoms with Crippen LogP contribution >= 0.6 is 11.3 Å². The van der Waals surface area contributed by atoms with E-state index in [4.69, 9.17) is 5.14 Å². The van der Waals surface area contributed by atoms with E-state index < -0.39 is 10.0 Å². The molecule has 2 aromatic rings. The van der Waals surface area contributed by atoms with Crippen LogP contribution in [0.15, 0.2) is 41.3 Å². The topological polar surface area (TPSA) is 106 Å². The van der Waals surface area contributed by atoms with Gasteiger partial charge in [0.1, 0.15) is 0 Å². The Bertz CT molecular complexity index is 855. The molecular weight excluding hydrogens is 360 g/mol. The zero-order valence-electron chi connectivity index (χ0n) is 13.8. The van der Waals surface area contributed by atoms with Gasteiger partial charge in [-0.1, -0.05) is 12.1 Å². The Morgan fingerprint density at radius 2 is 1.76 bits per heavy atom. The van der Waals surface area contributed by atoms with Gasteiger partial charge in [0.2, 0.25) is 15.9 Å². The average Bonchev–Trinajstić information content (AvgIpc) is 2.99. The first-order valence-electron chi connectivity index (χ1n) is 7.74. The number of Topliss-reactive ketones (excluding diaryl/α,β-unsaturated/α-hetero) is 1. The number of rotatable bonds is 8. The number of primary sulfonamides is 1. The predicted molar refractivity (Wildman–Crippen MR) is 97.1 cm³/mol. The largest absolute Gasteiger partial charge is 0.356 e. The summed E-state index contributed by atoms with van der Waals surface area (Å²) in [5, 5.41) is 7.79. The molecule has 134 valence electrons. The minimum absolute atomic E-state index is 0.0215. The molecule has 0 aliphatic heterocycles. The van der Waals surface area contributed by atoms with Crippen LogP contribution in [0.2, 0.25) is 0 Å². The average molecular weight is 380 g/mol. The Labute approximate surface area is 151 Å². The van der Waals surface area contributed by atoms with Crippen molar-refractivity contribution in [1.82, 2.24) is 5.32 Å². The maximum absolute atomic E-state index is 11.9. The van der Waals surface area contributed by atoms with Gasteiger partial charge < -0.3 is 5.32 Å². The molecule has 0 saturated heterocycles. The van der Waals surface area contributed by atoms with Gasteiger partial charge in [0, 0.05) is 24.3 Å². The van der Waals surface area contributed by atoms with E-state index in [0.29, 0.717) is 17.8 Å². The Balaban J connectivity index is 1.72.